The Balaban J connectivity index is 2.39. The summed E-state index contributed by atoms with van der Waals surface area (Å²) >= 11 is 0. The molecule has 0 radical (unpaired) electrons. The van der Waals surface area contributed by atoms with Crippen LogP contribution >= 0.6 is 0 Å². The van der Waals surface area contributed by atoms with Crippen LogP contribution in [0.1, 0.15) is 35.3 Å². The van der Waals surface area contributed by atoms with Crippen LogP contribution in [0.25, 0.3) is 0 Å². The summed E-state index contributed by atoms with van der Waals surface area (Å²) in [4.78, 5) is 0. The zero-order valence-electron chi connectivity index (χ0n) is 11.5. The van der Waals surface area contributed by atoms with Crippen molar-refractivity contribution in [2.75, 3.05) is 0 Å². The van der Waals surface area contributed by atoms with Crippen LogP contribution in [0.2, 0.25) is 0 Å². The van der Waals surface area contributed by atoms with Crippen LogP contribution in [0.4, 0.5) is 0 Å². The molecule has 0 aromatic heterocycles. The van der Waals surface area contributed by atoms with Gasteiger partial charge in [0.2, 0.25) is 0 Å². The first-order valence-electron chi connectivity index (χ1n) is 6.36. The van der Waals surface area contributed by atoms with Crippen molar-refractivity contribution in [3.63, 3.8) is 0 Å². The van der Waals surface area contributed by atoms with Crippen LogP contribution in [-0.2, 0) is 4.74 Å². The summed E-state index contributed by atoms with van der Waals surface area (Å²) < 4.78 is 5.59. The lowest BCUT2D eigenvalue weighted by atomic mass is 9.99. The van der Waals surface area contributed by atoms with Crippen LogP contribution in [0.5, 0.6) is 0 Å². The van der Waals surface area contributed by atoms with Gasteiger partial charge in [0.05, 0.1) is 23.3 Å². The second kappa shape index (κ2) is 6.36. The van der Waals surface area contributed by atoms with Gasteiger partial charge in [-0.3, -0.25) is 5.41 Å². The first-order chi connectivity index (χ1) is 10.1. The third-order valence-electron chi connectivity index (χ3n) is 2.98. The van der Waals surface area contributed by atoms with Gasteiger partial charge >= 0.3 is 0 Å². The fraction of sp³-hybridized carbons (Fsp3) is 0.118. The monoisotopic (exact) mass is 275 g/mol. The topological polar surface area (TPSA) is 80.7 Å². The van der Waals surface area contributed by atoms with Crippen molar-refractivity contribution in [2.24, 2.45) is 0 Å². The SMILES string of the molecule is CC(=N)OC(c1ccc(C#N)cc1)c1ccc(C#N)cc1. The lowest BCUT2D eigenvalue weighted by Crippen LogP contribution is -2.09. The third-order valence-corrected chi connectivity index (χ3v) is 2.98. The van der Waals surface area contributed by atoms with Crippen molar-refractivity contribution in [1.82, 2.24) is 0 Å². The highest BCUT2D eigenvalue weighted by molar-refractivity contribution is 5.70. The molecule has 0 heterocycles. The lowest BCUT2D eigenvalue weighted by Gasteiger charge is -2.19. The van der Waals surface area contributed by atoms with Crippen molar-refractivity contribution >= 4 is 5.90 Å². The van der Waals surface area contributed by atoms with Crippen molar-refractivity contribution < 1.29 is 4.74 Å². The third kappa shape index (κ3) is 3.46. The molecule has 0 aliphatic heterocycles. The Morgan fingerprint density at radius 1 is 0.905 bits per heavy atom. The maximum Gasteiger partial charge on any atom is 0.178 e. The number of ether oxygens (including phenoxy) is 1. The van der Waals surface area contributed by atoms with Gasteiger partial charge in [0.25, 0.3) is 0 Å². The quantitative estimate of drug-likeness (QED) is 0.687. The average Bonchev–Trinajstić information content (AvgIpc) is 2.53. The molecule has 4 nitrogen and oxygen atoms in total. The highest BCUT2D eigenvalue weighted by Gasteiger charge is 2.16. The van der Waals surface area contributed by atoms with Crippen LogP contribution in [0.15, 0.2) is 48.5 Å². The summed E-state index contributed by atoms with van der Waals surface area (Å²) in [5, 5.41) is 25.2. The zero-order chi connectivity index (χ0) is 15.2. The molecule has 21 heavy (non-hydrogen) atoms. The van der Waals surface area contributed by atoms with Gasteiger partial charge in [-0.15, -0.1) is 0 Å². The number of nitriles is 2. The number of hydrogen-bond acceptors (Lipinski definition) is 4. The Hall–Kier alpha value is -3.11. The molecule has 0 atom stereocenters. The molecule has 2 aromatic carbocycles. The van der Waals surface area contributed by atoms with Crippen molar-refractivity contribution in [2.45, 2.75) is 13.0 Å². The molecule has 0 saturated heterocycles. The molecule has 2 aromatic rings. The molecular formula is C17H13N3O. The van der Waals surface area contributed by atoms with Gasteiger partial charge in [-0.2, -0.15) is 10.5 Å². The number of rotatable bonds is 3. The number of benzene rings is 2. The Labute approximate surface area is 123 Å². The van der Waals surface area contributed by atoms with Crippen LogP contribution < -0.4 is 0 Å². The molecule has 0 fully saturated rings. The summed E-state index contributed by atoms with van der Waals surface area (Å²) in [6, 6.07) is 18.2. The molecule has 0 saturated carbocycles. The number of nitrogens with one attached hydrogen (secondary N) is 1. The predicted octanol–water partition coefficient (Wildman–Crippen LogP) is 3.53. The molecule has 0 aliphatic rings. The molecule has 4 heteroatoms. The molecule has 0 aliphatic carbocycles. The average molecular weight is 275 g/mol. The smallest absolute Gasteiger partial charge is 0.178 e. The normalized spacial score (nSPS) is 9.71. The first-order valence-corrected chi connectivity index (χ1v) is 6.36. The molecule has 0 amide bonds. The highest BCUT2D eigenvalue weighted by Crippen LogP contribution is 2.26. The maximum atomic E-state index is 8.84. The minimum atomic E-state index is -0.428. The van der Waals surface area contributed by atoms with Gasteiger partial charge in [0.15, 0.2) is 12.0 Å². The summed E-state index contributed by atoms with van der Waals surface area (Å²) in [6.07, 6.45) is -0.428. The Kier molecular flexibility index (Phi) is 4.33. The van der Waals surface area contributed by atoms with Gasteiger partial charge in [-0.05, 0) is 35.4 Å². The minimum Gasteiger partial charge on any atom is -0.469 e. The van der Waals surface area contributed by atoms with E-state index in [4.69, 9.17) is 20.7 Å². The van der Waals surface area contributed by atoms with Gasteiger partial charge < -0.3 is 4.74 Å². The van der Waals surface area contributed by atoms with E-state index in [1.165, 1.54) is 0 Å². The predicted molar refractivity (Wildman–Crippen MR) is 78.6 cm³/mol. The molecule has 2 rings (SSSR count). The molecular weight excluding hydrogens is 262 g/mol. The van der Waals surface area contributed by atoms with Gasteiger partial charge in [-0.1, -0.05) is 24.3 Å². The Morgan fingerprint density at radius 3 is 1.57 bits per heavy atom. The summed E-state index contributed by atoms with van der Waals surface area (Å²) in [5.74, 6) is 0.105. The van der Waals surface area contributed by atoms with Crippen LogP contribution in [-0.4, -0.2) is 5.90 Å². The molecule has 0 bridgehead atoms. The van der Waals surface area contributed by atoms with Crippen LogP contribution in [0, 0.1) is 28.1 Å². The lowest BCUT2D eigenvalue weighted by molar-refractivity contribution is 0.228. The Morgan fingerprint density at radius 2 is 1.29 bits per heavy atom. The van der Waals surface area contributed by atoms with E-state index in [9.17, 15) is 0 Å². The summed E-state index contributed by atoms with van der Waals surface area (Å²) in [5.41, 5.74) is 2.85. The fourth-order valence-corrected chi connectivity index (χ4v) is 1.97. The first kappa shape index (κ1) is 14.3. The van der Waals surface area contributed by atoms with E-state index >= 15 is 0 Å². The molecule has 0 spiro atoms. The van der Waals surface area contributed by atoms with Gasteiger partial charge in [0, 0.05) is 6.92 Å². The molecule has 102 valence electrons. The second-order valence-corrected chi connectivity index (χ2v) is 4.52. The van der Waals surface area contributed by atoms with Crippen molar-refractivity contribution in [1.29, 1.82) is 15.9 Å². The van der Waals surface area contributed by atoms with E-state index in [1.54, 1.807) is 31.2 Å². The van der Waals surface area contributed by atoms with Crippen molar-refractivity contribution in [3.05, 3.63) is 70.8 Å². The van der Waals surface area contributed by atoms with Gasteiger partial charge in [0.1, 0.15) is 0 Å². The molecule has 0 unspecified atom stereocenters. The number of nitrogens with zero attached hydrogens (tertiary/aromatic N) is 2. The standard InChI is InChI=1S/C17H13N3O/c1-12(20)21-17(15-6-2-13(10-18)3-7-15)16-8-4-14(11-19)5-9-16/h2-9,17,20H,1H3. The zero-order valence-corrected chi connectivity index (χ0v) is 11.5. The van der Waals surface area contributed by atoms with E-state index in [1.807, 2.05) is 24.3 Å². The second-order valence-electron chi connectivity index (χ2n) is 4.52. The van der Waals surface area contributed by atoms with E-state index in [-0.39, 0.29) is 5.90 Å². The van der Waals surface area contributed by atoms with E-state index < -0.39 is 6.10 Å². The highest BCUT2D eigenvalue weighted by atomic mass is 16.5. The van der Waals surface area contributed by atoms with Gasteiger partial charge in [-0.25, -0.2) is 0 Å². The maximum absolute atomic E-state index is 8.84. The van der Waals surface area contributed by atoms with E-state index in [2.05, 4.69) is 12.1 Å². The number of hydrogen-bond donors (Lipinski definition) is 1. The van der Waals surface area contributed by atoms with E-state index in [0.717, 1.165) is 11.1 Å². The van der Waals surface area contributed by atoms with Crippen molar-refractivity contribution in [3.8, 4) is 12.1 Å². The minimum absolute atomic E-state index is 0.105. The molecule has 1 N–H and O–H groups in total. The summed E-state index contributed by atoms with van der Waals surface area (Å²) in [6.45, 7) is 1.57. The van der Waals surface area contributed by atoms with Crippen LogP contribution in [0.3, 0.4) is 0 Å². The fourth-order valence-electron chi connectivity index (χ4n) is 1.97. The largest absolute Gasteiger partial charge is 0.469 e. The summed E-state index contributed by atoms with van der Waals surface area (Å²) in [7, 11) is 0. The van der Waals surface area contributed by atoms with E-state index in [0.29, 0.717) is 11.1 Å². The Bertz CT molecular complexity index is 661.